The van der Waals surface area contributed by atoms with E-state index in [4.69, 9.17) is 10.5 Å². The molecule has 0 aliphatic rings. The van der Waals surface area contributed by atoms with Crippen molar-refractivity contribution in [2.75, 3.05) is 10.9 Å². The van der Waals surface area contributed by atoms with Crippen LogP contribution in [0.25, 0.3) is 0 Å². The fourth-order valence-corrected chi connectivity index (χ4v) is 4.01. The van der Waals surface area contributed by atoms with E-state index >= 15 is 0 Å². The molecule has 2 N–H and O–H groups in total. The zero-order valence-electron chi connectivity index (χ0n) is 15.2. The van der Waals surface area contributed by atoms with Gasteiger partial charge < -0.3 is 10.5 Å². The number of ether oxygens (including phenoxy) is 1. The predicted octanol–water partition coefficient (Wildman–Crippen LogP) is 3.23. The number of sulfonamides is 1. The molecule has 0 radical (unpaired) electrons. The van der Waals surface area contributed by atoms with E-state index < -0.39 is 22.0 Å². The minimum absolute atomic E-state index is 0.0214. The molecular formula is C19H22N2O5S. The first-order chi connectivity index (χ1) is 12.8. The highest BCUT2D eigenvalue weighted by atomic mass is 32.2. The van der Waals surface area contributed by atoms with Crippen molar-refractivity contribution in [2.45, 2.75) is 31.6 Å². The molecule has 0 saturated carbocycles. The van der Waals surface area contributed by atoms with Gasteiger partial charge in [-0.15, -0.1) is 0 Å². The Kier molecular flexibility index (Phi) is 6.57. The van der Waals surface area contributed by atoms with E-state index in [1.807, 2.05) is 6.92 Å². The molecule has 0 bridgehead atoms. The Morgan fingerprint density at radius 2 is 1.70 bits per heavy atom. The van der Waals surface area contributed by atoms with Gasteiger partial charge in [0.2, 0.25) is 0 Å². The van der Waals surface area contributed by atoms with Crippen LogP contribution in [-0.2, 0) is 14.8 Å². The summed E-state index contributed by atoms with van der Waals surface area (Å²) in [6.07, 6.45) is 1.66. The Hall–Kier alpha value is -2.87. The second-order valence-corrected chi connectivity index (χ2v) is 7.66. The van der Waals surface area contributed by atoms with Gasteiger partial charge in [0.25, 0.3) is 10.0 Å². The van der Waals surface area contributed by atoms with E-state index in [-0.39, 0.29) is 16.1 Å². The first kappa shape index (κ1) is 20.4. The molecule has 144 valence electrons. The average molecular weight is 390 g/mol. The Morgan fingerprint density at radius 1 is 1.07 bits per heavy atom. The topological polar surface area (TPSA) is 107 Å². The van der Waals surface area contributed by atoms with Crippen LogP contribution < -0.4 is 10.0 Å². The molecule has 2 aromatic rings. The Morgan fingerprint density at radius 3 is 2.26 bits per heavy atom. The van der Waals surface area contributed by atoms with Crippen molar-refractivity contribution >= 4 is 27.7 Å². The van der Waals surface area contributed by atoms with Crippen LogP contribution in [0.1, 0.15) is 35.7 Å². The number of urea groups is 1. The lowest BCUT2D eigenvalue weighted by molar-refractivity contribution is 0.0499. The van der Waals surface area contributed by atoms with Crippen molar-refractivity contribution < 1.29 is 22.7 Å². The normalized spacial score (nSPS) is 11.0. The molecule has 0 aromatic heterocycles. The maximum atomic E-state index is 12.9. The molecule has 2 aromatic carbocycles. The number of carbonyl (C=O) groups excluding carboxylic acids is 2. The summed E-state index contributed by atoms with van der Waals surface area (Å²) in [4.78, 5) is 23.8. The van der Waals surface area contributed by atoms with Crippen LogP contribution in [0.5, 0.6) is 0 Å². The lowest BCUT2D eigenvalue weighted by atomic mass is 10.2. The summed E-state index contributed by atoms with van der Waals surface area (Å²) in [7, 11) is -4.19. The Labute approximate surface area is 158 Å². The van der Waals surface area contributed by atoms with Crippen LogP contribution in [-0.4, -0.2) is 27.0 Å². The average Bonchev–Trinajstić information content (AvgIpc) is 2.62. The second kappa shape index (κ2) is 8.68. The van der Waals surface area contributed by atoms with Crippen molar-refractivity contribution in [1.29, 1.82) is 0 Å². The molecular weight excluding hydrogens is 368 g/mol. The molecule has 0 spiro atoms. The van der Waals surface area contributed by atoms with Gasteiger partial charge in [0.1, 0.15) is 0 Å². The first-order valence-electron chi connectivity index (χ1n) is 8.46. The van der Waals surface area contributed by atoms with Gasteiger partial charge in [-0.25, -0.2) is 18.0 Å². The standard InChI is InChI=1S/C19H22N2O5S/c1-3-4-13-26-18(22)15-9-11-16(12-10-15)21(19(20)23)27(24,25)17-8-6-5-7-14(17)2/h5-12H,3-4,13H2,1-2H3,(H2,20,23). The number of aryl methyl sites for hydroxylation is 1. The highest BCUT2D eigenvalue weighted by Gasteiger charge is 2.30. The maximum Gasteiger partial charge on any atom is 0.338 e. The summed E-state index contributed by atoms with van der Waals surface area (Å²) < 4.78 is 31.5. The minimum atomic E-state index is -4.19. The zero-order chi connectivity index (χ0) is 20.0. The van der Waals surface area contributed by atoms with Crippen molar-refractivity contribution in [3.63, 3.8) is 0 Å². The summed E-state index contributed by atoms with van der Waals surface area (Å²) in [5.74, 6) is -0.512. The number of hydrogen-bond donors (Lipinski definition) is 1. The van der Waals surface area contributed by atoms with Gasteiger partial charge in [-0.2, -0.15) is 4.31 Å². The molecule has 0 aliphatic heterocycles. The lowest BCUT2D eigenvalue weighted by Crippen LogP contribution is -2.41. The van der Waals surface area contributed by atoms with Crippen molar-refractivity contribution in [3.05, 3.63) is 59.7 Å². The third kappa shape index (κ3) is 4.65. The SMILES string of the molecule is CCCCOC(=O)c1ccc(N(C(N)=O)S(=O)(=O)c2ccccc2C)cc1. The van der Waals surface area contributed by atoms with E-state index in [9.17, 15) is 18.0 Å². The molecule has 0 atom stereocenters. The van der Waals surface area contributed by atoms with Crippen LogP contribution in [0.15, 0.2) is 53.4 Å². The zero-order valence-corrected chi connectivity index (χ0v) is 16.0. The number of rotatable bonds is 7. The number of carbonyl (C=O) groups is 2. The van der Waals surface area contributed by atoms with Crippen LogP contribution in [0, 0.1) is 6.92 Å². The van der Waals surface area contributed by atoms with E-state index in [1.54, 1.807) is 25.1 Å². The van der Waals surface area contributed by atoms with Crippen molar-refractivity contribution in [1.82, 2.24) is 0 Å². The largest absolute Gasteiger partial charge is 0.462 e. The summed E-state index contributed by atoms with van der Waals surface area (Å²) >= 11 is 0. The number of primary amides is 1. The number of hydrogen-bond acceptors (Lipinski definition) is 5. The van der Waals surface area contributed by atoms with E-state index in [0.717, 1.165) is 12.8 Å². The maximum absolute atomic E-state index is 12.9. The molecule has 0 aliphatic carbocycles. The molecule has 8 heteroatoms. The first-order valence-corrected chi connectivity index (χ1v) is 9.90. The van der Waals surface area contributed by atoms with Gasteiger partial charge in [0, 0.05) is 0 Å². The van der Waals surface area contributed by atoms with E-state index in [1.165, 1.54) is 30.3 Å². The molecule has 0 unspecified atom stereocenters. The molecule has 0 heterocycles. The van der Waals surface area contributed by atoms with Gasteiger partial charge in [0.05, 0.1) is 22.8 Å². The summed E-state index contributed by atoms with van der Waals surface area (Å²) in [5, 5.41) is 0. The van der Waals surface area contributed by atoms with Crippen LogP contribution in [0.3, 0.4) is 0 Å². The fourth-order valence-electron chi connectivity index (χ4n) is 2.45. The number of unbranched alkanes of at least 4 members (excludes halogenated alkanes) is 1. The van der Waals surface area contributed by atoms with E-state index in [0.29, 0.717) is 16.5 Å². The van der Waals surface area contributed by atoms with Crippen LogP contribution in [0.2, 0.25) is 0 Å². The van der Waals surface area contributed by atoms with Gasteiger partial charge in [0.15, 0.2) is 0 Å². The number of benzene rings is 2. The molecule has 2 rings (SSSR count). The van der Waals surface area contributed by atoms with Gasteiger partial charge in [-0.3, -0.25) is 0 Å². The number of nitrogens with zero attached hydrogens (tertiary/aromatic N) is 1. The summed E-state index contributed by atoms with van der Waals surface area (Å²) in [6.45, 7) is 3.92. The highest BCUT2D eigenvalue weighted by molar-refractivity contribution is 7.93. The molecule has 0 fully saturated rings. The summed E-state index contributed by atoms with van der Waals surface area (Å²) in [5.41, 5.74) is 6.12. The Balaban J connectivity index is 2.34. The smallest absolute Gasteiger partial charge is 0.338 e. The second-order valence-electron chi connectivity index (χ2n) is 5.91. The number of amides is 2. The van der Waals surface area contributed by atoms with Crippen molar-refractivity contribution in [3.8, 4) is 0 Å². The third-order valence-electron chi connectivity index (χ3n) is 3.88. The van der Waals surface area contributed by atoms with Gasteiger partial charge in [-0.05, 0) is 49.2 Å². The number of nitrogens with two attached hydrogens (primary N) is 1. The fraction of sp³-hybridized carbons (Fsp3) is 0.263. The molecule has 27 heavy (non-hydrogen) atoms. The predicted molar refractivity (Wildman–Crippen MR) is 102 cm³/mol. The van der Waals surface area contributed by atoms with Gasteiger partial charge in [-0.1, -0.05) is 31.5 Å². The molecule has 2 amide bonds. The molecule has 7 nitrogen and oxygen atoms in total. The third-order valence-corrected chi connectivity index (χ3v) is 5.77. The van der Waals surface area contributed by atoms with E-state index in [2.05, 4.69) is 0 Å². The van der Waals surface area contributed by atoms with Crippen LogP contribution in [0.4, 0.5) is 10.5 Å². The Bertz CT molecular complexity index is 923. The number of esters is 1. The summed E-state index contributed by atoms with van der Waals surface area (Å²) in [6, 6.07) is 10.6. The van der Waals surface area contributed by atoms with Gasteiger partial charge >= 0.3 is 12.0 Å². The quantitative estimate of drug-likeness (QED) is 0.577. The minimum Gasteiger partial charge on any atom is -0.462 e. The van der Waals surface area contributed by atoms with Crippen molar-refractivity contribution in [2.24, 2.45) is 5.73 Å². The highest BCUT2D eigenvalue weighted by Crippen LogP contribution is 2.26. The van der Waals surface area contributed by atoms with Crippen LogP contribution >= 0.6 is 0 Å². The lowest BCUT2D eigenvalue weighted by Gasteiger charge is -2.21. The monoisotopic (exact) mass is 390 g/mol. The number of anilines is 1. The molecule has 0 saturated heterocycles.